The summed E-state index contributed by atoms with van der Waals surface area (Å²) in [5.74, 6) is 1.42. The Morgan fingerprint density at radius 2 is 1.90 bits per heavy atom. The summed E-state index contributed by atoms with van der Waals surface area (Å²) < 4.78 is 10.4. The van der Waals surface area contributed by atoms with Crippen LogP contribution < -0.4 is 9.47 Å². The molecule has 0 aliphatic rings. The van der Waals surface area contributed by atoms with Crippen LogP contribution in [0.2, 0.25) is 0 Å². The van der Waals surface area contributed by atoms with Crippen LogP contribution in [0.25, 0.3) is 0 Å². The Morgan fingerprint density at radius 3 is 2.55 bits per heavy atom. The van der Waals surface area contributed by atoms with E-state index in [1.807, 2.05) is 31.2 Å². The number of methoxy groups -OCH3 is 1. The second-order valence-electron chi connectivity index (χ2n) is 4.29. The van der Waals surface area contributed by atoms with Crippen LogP contribution in [0.15, 0.2) is 42.7 Å². The molecule has 0 aliphatic heterocycles. The van der Waals surface area contributed by atoms with Crippen LogP contribution >= 0.6 is 0 Å². The fourth-order valence-corrected chi connectivity index (χ4v) is 1.85. The Hall–Kier alpha value is -2.36. The quantitative estimate of drug-likeness (QED) is 0.758. The van der Waals surface area contributed by atoms with Crippen molar-refractivity contribution in [3.63, 3.8) is 0 Å². The molecule has 0 amide bonds. The average molecular weight is 271 g/mol. The summed E-state index contributed by atoms with van der Waals surface area (Å²) in [6, 6.07) is 9.18. The van der Waals surface area contributed by atoms with Crippen LogP contribution in [-0.4, -0.2) is 24.5 Å². The summed E-state index contributed by atoms with van der Waals surface area (Å²) in [7, 11) is 1.62. The first-order chi connectivity index (χ1) is 9.72. The highest BCUT2D eigenvalue weighted by atomic mass is 16.5. The molecule has 1 aromatic heterocycles. The van der Waals surface area contributed by atoms with Gasteiger partial charge < -0.3 is 9.47 Å². The van der Waals surface area contributed by atoms with Crippen molar-refractivity contribution in [2.75, 3.05) is 13.7 Å². The summed E-state index contributed by atoms with van der Waals surface area (Å²) in [5, 5.41) is 0. The van der Waals surface area contributed by atoms with Crippen LogP contribution in [0.1, 0.15) is 22.8 Å². The SMILES string of the molecule is CCOc1cncc(C(=O)Cc2ccc(OC)cc2)c1. The molecule has 4 nitrogen and oxygen atoms in total. The van der Waals surface area contributed by atoms with Gasteiger partial charge in [-0.15, -0.1) is 0 Å². The number of rotatable bonds is 6. The predicted octanol–water partition coefficient (Wildman–Crippen LogP) is 2.91. The molecule has 0 fully saturated rings. The van der Waals surface area contributed by atoms with Gasteiger partial charge in [-0.3, -0.25) is 9.78 Å². The molecule has 0 saturated carbocycles. The van der Waals surface area contributed by atoms with Gasteiger partial charge in [0.15, 0.2) is 5.78 Å². The van der Waals surface area contributed by atoms with Crippen molar-refractivity contribution in [1.82, 2.24) is 4.98 Å². The number of hydrogen-bond donors (Lipinski definition) is 0. The van der Waals surface area contributed by atoms with Crippen molar-refractivity contribution in [3.05, 3.63) is 53.9 Å². The molecule has 0 unspecified atom stereocenters. The van der Waals surface area contributed by atoms with Gasteiger partial charge in [-0.25, -0.2) is 0 Å². The third-order valence-electron chi connectivity index (χ3n) is 2.87. The molecule has 0 radical (unpaired) electrons. The smallest absolute Gasteiger partial charge is 0.168 e. The van der Waals surface area contributed by atoms with Crippen molar-refractivity contribution in [2.45, 2.75) is 13.3 Å². The normalized spacial score (nSPS) is 10.1. The van der Waals surface area contributed by atoms with Crippen LogP contribution in [0.4, 0.5) is 0 Å². The summed E-state index contributed by atoms with van der Waals surface area (Å²) in [6.07, 6.45) is 3.50. The molecule has 4 heteroatoms. The predicted molar refractivity (Wildman–Crippen MR) is 76.4 cm³/mol. The van der Waals surface area contributed by atoms with E-state index in [1.165, 1.54) is 0 Å². The monoisotopic (exact) mass is 271 g/mol. The number of carbonyl (C=O) groups excluding carboxylic acids is 1. The zero-order valence-corrected chi connectivity index (χ0v) is 11.6. The molecule has 0 spiro atoms. The summed E-state index contributed by atoms with van der Waals surface area (Å²) >= 11 is 0. The lowest BCUT2D eigenvalue weighted by Gasteiger charge is -2.06. The molecule has 20 heavy (non-hydrogen) atoms. The highest BCUT2D eigenvalue weighted by Crippen LogP contribution is 2.16. The van der Waals surface area contributed by atoms with E-state index in [1.54, 1.807) is 25.6 Å². The van der Waals surface area contributed by atoms with Crippen molar-refractivity contribution < 1.29 is 14.3 Å². The van der Waals surface area contributed by atoms with Gasteiger partial charge in [0.2, 0.25) is 0 Å². The van der Waals surface area contributed by atoms with Gasteiger partial charge in [-0.2, -0.15) is 0 Å². The minimum absolute atomic E-state index is 0.0178. The summed E-state index contributed by atoms with van der Waals surface area (Å²) in [5.41, 5.74) is 1.50. The Morgan fingerprint density at radius 1 is 1.15 bits per heavy atom. The molecular weight excluding hydrogens is 254 g/mol. The number of aromatic nitrogens is 1. The van der Waals surface area contributed by atoms with Gasteiger partial charge >= 0.3 is 0 Å². The maximum absolute atomic E-state index is 12.2. The number of ether oxygens (including phenoxy) is 2. The molecule has 104 valence electrons. The van der Waals surface area contributed by atoms with Crippen LogP contribution in [0, 0.1) is 0 Å². The molecule has 1 aromatic carbocycles. The largest absolute Gasteiger partial charge is 0.497 e. The first-order valence-electron chi connectivity index (χ1n) is 6.47. The molecule has 0 N–H and O–H groups in total. The molecule has 2 aromatic rings. The van der Waals surface area contributed by atoms with E-state index in [2.05, 4.69) is 4.98 Å². The highest BCUT2D eigenvalue weighted by Gasteiger charge is 2.09. The third kappa shape index (κ3) is 3.57. The number of nitrogens with zero attached hydrogens (tertiary/aromatic N) is 1. The van der Waals surface area contributed by atoms with Gasteiger partial charge in [0.1, 0.15) is 11.5 Å². The summed E-state index contributed by atoms with van der Waals surface area (Å²) in [4.78, 5) is 16.2. The molecule has 2 rings (SSSR count). The maximum atomic E-state index is 12.2. The highest BCUT2D eigenvalue weighted by molar-refractivity contribution is 5.97. The second kappa shape index (κ2) is 6.70. The topological polar surface area (TPSA) is 48.4 Å². The lowest BCUT2D eigenvalue weighted by molar-refractivity contribution is 0.0992. The number of Topliss-reactive ketones (excluding diaryl/α,β-unsaturated/α-hetero) is 1. The Labute approximate surface area is 118 Å². The van der Waals surface area contributed by atoms with E-state index < -0.39 is 0 Å². The van der Waals surface area contributed by atoms with Crippen LogP contribution in [-0.2, 0) is 6.42 Å². The van der Waals surface area contributed by atoms with Crippen molar-refractivity contribution in [3.8, 4) is 11.5 Å². The molecule has 1 heterocycles. The Kier molecular flexibility index (Phi) is 4.71. The first kappa shape index (κ1) is 14.1. The number of carbonyl (C=O) groups is 1. The van der Waals surface area contributed by atoms with Crippen LogP contribution in [0.3, 0.4) is 0 Å². The first-order valence-corrected chi connectivity index (χ1v) is 6.47. The van der Waals surface area contributed by atoms with Gasteiger partial charge in [0, 0.05) is 18.2 Å². The van der Waals surface area contributed by atoms with Gasteiger partial charge in [0.05, 0.1) is 19.9 Å². The van der Waals surface area contributed by atoms with Gasteiger partial charge in [0.25, 0.3) is 0 Å². The number of benzene rings is 1. The number of ketones is 1. The van der Waals surface area contributed by atoms with Gasteiger partial charge in [-0.05, 0) is 30.7 Å². The zero-order valence-electron chi connectivity index (χ0n) is 11.6. The fourth-order valence-electron chi connectivity index (χ4n) is 1.85. The maximum Gasteiger partial charge on any atom is 0.168 e. The minimum atomic E-state index is 0.0178. The lowest BCUT2D eigenvalue weighted by atomic mass is 10.0. The van der Waals surface area contributed by atoms with Crippen molar-refractivity contribution in [1.29, 1.82) is 0 Å². The fraction of sp³-hybridized carbons (Fsp3) is 0.250. The molecule has 0 bridgehead atoms. The second-order valence-corrected chi connectivity index (χ2v) is 4.29. The van der Waals surface area contributed by atoms with E-state index >= 15 is 0 Å². The molecular formula is C16H17NO3. The Balaban J connectivity index is 2.08. The van der Waals surface area contributed by atoms with Crippen LogP contribution in [0.5, 0.6) is 11.5 Å². The van der Waals surface area contributed by atoms with E-state index in [0.717, 1.165) is 11.3 Å². The van der Waals surface area contributed by atoms with E-state index in [-0.39, 0.29) is 5.78 Å². The molecule has 0 atom stereocenters. The molecule has 0 aliphatic carbocycles. The van der Waals surface area contributed by atoms with Crippen molar-refractivity contribution in [2.24, 2.45) is 0 Å². The molecule has 0 saturated heterocycles. The third-order valence-corrected chi connectivity index (χ3v) is 2.87. The number of hydrogen-bond acceptors (Lipinski definition) is 4. The standard InChI is InChI=1S/C16H17NO3/c1-3-20-15-9-13(10-17-11-15)16(18)8-12-4-6-14(19-2)7-5-12/h4-7,9-11H,3,8H2,1-2H3. The Bertz CT molecular complexity index is 579. The zero-order chi connectivity index (χ0) is 14.4. The summed E-state index contributed by atoms with van der Waals surface area (Å²) in [6.45, 7) is 2.45. The van der Waals surface area contributed by atoms with Crippen molar-refractivity contribution >= 4 is 5.78 Å². The minimum Gasteiger partial charge on any atom is -0.497 e. The lowest BCUT2D eigenvalue weighted by Crippen LogP contribution is -2.05. The van der Waals surface area contributed by atoms with Gasteiger partial charge in [-0.1, -0.05) is 12.1 Å². The van der Waals surface area contributed by atoms with E-state index in [4.69, 9.17) is 9.47 Å². The average Bonchev–Trinajstić information content (AvgIpc) is 2.48. The van der Waals surface area contributed by atoms with E-state index in [9.17, 15) is 4.79 Å². The van der Waals surface area contributed by atoms with E-state index in [0.29, 0.717) is 24.3 Å². The number of pyridine rings is 1.